The average Bonchev–Trinajstić information content (AvgIpc) is 2.97. The molecule has 0 aliphatic rings. The molecule has 136 valence electrons. The van der Waals surface area contributed by atoms with Crippen molar-refractivity contribution >= 4 is 21.5 Å². The van der Waals surface area contributed by atoms with E-state index in [1.165, 1.54) is 25.1 Å². The largest absolute Gasteiger partial charge is 0.462 e. The molecular weight excluding hydrogens is 369 g/mol. The summed E-state index contributed by atoms with van der Waals surface area (Å²) in [6.07, 6.45) is 0.820. The summed E-state index contributed by atoms with van der Waals surface area (Å²) in [5.74, 6) is -1.76. The zero-order chi connectivity index (χ0) is 19.1. The maximum atomic E-state index is 13.9. The van der Waals surface area contributed by atoms with E-state index >= 15 is 0 Å². The highest BCUT2D eigenvalue weighted by Gasteiger charge is 2.30. The van der Waals surface area contributed by atoms with Gasteiger partial charge >= 0.3 is 11.7 Å². The van der Waals surface area contributed by atoms with Gasteiger partial charge < -0.3 is 4.74 Å². The lowest BCUT2D eigenvalue weighted by molar-refractivity contribution is 0.0523. The van der Waals surface area contributed by atoms with Gasteiger partial charge in [-0.3, -0.25) is 0 Å². The number of rotatable bonds is 4. The fourth-order valence-electron chi connectivity index (χ4n) is 2.25. The molecule has 1 aromatic carbocycles. The molecule has 2 aromatic heterocycles. The topological polar surface area (TPSA) is 126 Å². The molecule has 0 aliphatic carbocycles. The monoisotopic (exact) mass is 381 g/mol. The molecule has 3 aromatic rings. The molecule has 12 heteroatoms. The van der Waals surface area contributed by atoms with Gasteiger partial charge in [0.05, 0.1) is 6.61 Å². The Morgan fingerprint density at radius 2 is 2.00 bits per heavy atom. The van der Waals surface area contributed by atoms with Crippen molar-refractivity contribution in [2.75, 3.05) is 12.9 Å². The Morgan fingerprint density at radius 3 is 2.62 bits per heavy atom. The highest BCUT2D eigenvalue weighted by Crippen LogP contribution is 2.19. The summed E-state index contributed by atoms with van der Waals surface area (Å²) in [4.78, 5) is 24.7. The van der Waals surface area contributed by atoms with Crippen LogP contribution in [0.2, 0.25) is 0 Å². The SMILES string of the molecule is CCOC(=O)c1c(S(C)(=O)=O)nn2c(=O)n(-c3ccccc3F)nnc12. The Bertz CT molecular complexity index is 1180. The maximum absolute atomic E-state index is 13.9. The second-order valence-corrected chi connectivity index (χ2v) is 7.07. The molecule has 0 radical (unpaired) electrons. The van der Waals surface area contributed by atoms with Gasteiger partial charge in [-0.2, -0.15) is 9.20 Å². The van der Waals surface area contributed by atoms with Gasteiger partial charge in [-0.25, -0.2) is 22.4 Å². The maximum Gasteiger partial charge on any atom is 0.373 e. The summed E-state index contributed by atoms with van der Waals surface area (Å²) in [5, 5.41) is 10.3. The number of halogens is 1. The molecular formula is C14H12FN5O5S. The number of ether oxygens (including phenoxy) is 1. The molecule has 3 rings (SSSR count). The van der Waals surface area contributed by atoms with E-state index < -0.39 is 43.6 Å². The quantitative estimate of drug-likeness (QED) is 0.578. The summed E-state index contributed by atoms with van der Waals surface area (Å²) < 4.78 is 43.8. The third-order valence-electron chi connectivity index (χ3n) is 3.33. The Labute approximate surface area is 145 Å². The molecule has 10 nitrogen and oxygen atoms in total. The summed E-state index contributed by atoms with van der Waals surface area (Å²) >= 11 is 0. The second-order valence-electron chi connectivity index (χ2n) is 5.14. The number of aromatic nitrogens is 5. The van der Waals surface area contributed by atoms with E-state index in [2.05, 4.69) is 15.4 Å². The molecule has 0 aliphatic heterocycles. The fraction of sp³-hybridized carbons (Fsp3) is 0.214. The highest BCUT2D eigenvalue weighted by atomic mass is 32.2. The third kappa shape index (κ3) is 2.83. The van der Waals surface area contributed by atoms with Gasteiger partial charge in [0.2, 0.25) is 5.65 Å². The first kappa shape index (κ1) is 17.7. The van der Waals surface area contributed by atoms with Gasteiger partial charge in [-0.15, -0.1) is 10.2 Å². The van der Waals surface area contributed by atoms with E-state index in [1.807, 2.05) is 0 Å². The molecule has 0 N–H and O–H groups in total. The van der Waals surface area contributed by atoms with Crippen molar-refractivity contribution in [3.63, 3.8) is 0 Å². The molecule has 0 bridgehead atoms. The molecule has 0 spiro atoms. The number of hydrogen-bond donors (Lipinski definition) is 0. The van der Waals surface area contributed by atoms with Crippen LogP contribution in [0.4, 0.5) is 4.39 Å². The zero-order valence-electron chi connectivity index (χ0n) is 13.6. The molecule has 0 fully saturated rings. The van der Waals surface area contributed by atoms with E-state index in [0.29, 0.717) is 9.20 Å². The van der Waals surface area contributed by atoms with Crippen LogP contribution in [0.3, 0.4) is 0 Å². The van der Waals surface area contributed by atoms with Crippen LogP contribution in [-0.4, -0.2) is 51.9 Å². The molecule has 0 amide bonds. The van der Waals surface area contributed by atoms with Crippen LogP contribution in [0.15, 0.2) is 34.1 Å². The molecule has 0 saturated heterocycles. The Hall–Kier alpha value is -3.15. The first-order chi connectivity index (χ1) is 12.3. The van der Waals surface area contributed by atoms with Crippen molar-refractivity contribution in [1.82, 2.24) is 24.6 Å². The van der Waals surface area contributed by atoms with Crippen LogP contribution in [0.5, 0.6) is 0 Å². The first-order valence-electron chi connectivity index (χ1n) is 7.26. The zero-order valence-corrected chi connectivity index (χ0v) is 14.4. The van der Waals surface area contributed by atoms with Gasteiger partial charge in [0.25, 0.3) is 0 Å². The summed E-state index contributed by atoms with van der Waals surface area (Å²) in [6, 6.07) is 5.29. The number of sulfone groups is 1. The second kappa shape index (κ2) is 6.29. The smallest absolute Gasteiger partial charge is 0.373 e. The van der Waals surface area contributed by atoms with E-state index in [4.69, 9.17) is 4.74 Å². The lowest BCUT2D eigenvalue weighted by atomic mass is 10.3. The van der Waals surface area contributed by atoms with E-state index in [-0.39, 0.29) is 12.3 Å². The van der Waals surface area contributed by atoms with Gasteiger partial charge in [0.15, 0.2) is 14.9 Å². The Kier molecular flexibility index (Phi) is 4.28. The first-order valence-corrected chi connectivity index (χ1v) is 9.15. The summed E-state index contributed by atoms with van der Waals surface area (Å²) in [5.41, 5.74) is -2.11. The van der Waals surface area contributed by atoms with Gasteiger partial charge in [-0.1, -0.05) is 17.3 Å². The lowest BCUT2D eigenvalue weighted by Crippen LogP contribution is -2.30. The highest BCUT2D eigenvalue weighted by molar-refractivity contribution is 7.90. The Morgan fingerprint density at radius 1 is 1.31 bits per heavy atom. The fourth-order valence-corrected chi connectivity index (χ4v) is 3.02. The van der Waals surface area contributed by atoms with Crippen LogP contribution >= 0.6 is 0 Å². The molecule has 26 heavy (non-hydrogen) atoms. The number of benzene rings is 1. The minimum absolute atomic E-state index is 0.0287. The number of para-hydroxylation sites is 1. The predicted molar refractivity (Wildman–Crippen MR) is 85.4 cm³/mol. The van der Waals surface area contributed by atoms with Crippen LogP contribution in [0, 0.1) is 5.82 Å². The number of carbonyl (C=O) groups is 1. The minimum Gasteiger partial charge on any atom is -0.462 e. The van der Waals surface area contributed by atoms with Crippen molar-refractivity contribution in [3.8, 4) is 5.69 Å². The van der Waals surface area contributed by atoms with Crippen LogP contribution < -0.4 is 5.69 Å². The van der Waals surface area contributed by atoms with Gasteiger partial charge in [0.1, 0.15) is 17.1 Å². The molecule has 0 atom stereocenters. The molecule has 0 unspecified atom stereocenters. The van der Waals surface area contributed by atoms with Crippen LogP contribution in [-0.2, 0) is 14.6 Å². The summed E-state index contributed by atoms with van der Waals surface area (Å²) in [6.45, 7) is 1.50. The van der Waals surface area contributed by atoms with Crippen molar-refractivity contribution in [2.24, 2.45) is 0 Å². The summed E-state index contributed by atoms with van der Waals surface area (Å²) in [7, 11) is -3.98. The normalized spacial score (nSPS) is 11.7. The van der Waals surface area contributed by atoms with E-state index in [0.717, 1.165) is 12.3 Å². The standard InChI is InChI=1S/C14H12FN5O5S/c1-3-25-13(21)10-11-16-18-19(9-7-5-4-6-8(9)15)14(22)20(11)17-12(10)26(2,23)24/h4-7H,3H2,1-2H3. The minimum atomic E-state index is -3.98. The number of fused-ring (bicyclic) bond motifs is 1. The Balaban J connectivity index is 2.37. The van der Waals surface area contributed by atoms with Crippen molar-refractivity contribution in [1.29, 1.82) is 0 Å². The van der Waals surface area contributed by atoms with Crippen LogP contribution in [0.1, 0.15) is 17.3 Å². The third-order valence-corrected chi connectivity index (χ3v) is 4.32. The number of nitrogens with zero attached hydrogens (tertiary/aromatic N) is 5. The van der Waals surface area contributed by atoms with Crippen molar-refractivity contribution in [3.05, 3.63) is 46.1 Å². The lowest BCUT2D eigenvalue weighted by Gasteiger charge is -2.04. The number of hydrogen-bond acceptors (Lipinski definition) is 8. The predicted octanol–water partition coefficient (Wildman–Crippen LogP) is -0.00550. The molecule has 2 heterocycles. The number of carbonyl (C=O) groups excluding carboxylic acids is 1. The average molecular weight is 381 g/mol. The van der Waals surface area contributed by atoms with Crippen molar-refractivity contribution < 1.29 is 22.3 Å². The van der Waals surface area contributed by atoms with E-state index in [9.17, 15) is 22.4 Å². The number of esters is 1. The van der Waals surface area contributed by atoms with Gasteiger partial charge in [0, 0.05) is 6.26 Å². The van der Waals surface area contributed by atoms with Crippen LogP contribution in [0.25, 0.3) is 11.3 Å². The van der Waals surface area contributed by atoms with Gasteiger partial charge in [-0.05, 0) is 19.1 Å². The molecule has 0 saturated carbocycles. The van der Waals surface area contributed by atoms with E-state index in [1.54, 1.807) is 0 Å². The van der Waals surface area contributed by atoms with Crippen molar-refractivity contribution in [2.45, 2.75) is 11.9 Å².